The molecule has 0 saturated carbocycles. The number of hydrogen-bond acceptors (Lipinski definition) is 4. The van der Waals surface area contributed by atoms with Gasteiger partial charge in [0.1, 0.15) is 6.04 Å². The number of primary amides is 1. The van der Waals surface area contributed by atoms with Crippen molar-refractivity contribution < 1.29 is 14.7 Å². The van der Waals surface area contributed by atoms with Gasteiger partial charge in [0.25, 0.3) is 0 Å². The van der Waals surface area contributed by atoms with Crippen molar-refractivity contribution in [1.82, 2.24) is 14.8 Å². The van der Waals surface area contributed by atoms with E-state index in [9.17, 15) is 19.2 Å². The summed E-state index contributed by atoms with van der Waals surface area (Å²) in [5, 5.41) is 12.7. The minimum Gasteiger partial charge on any atom is -0.480 e. The molecule has 0 fully saturated rings. The number of carboxylic acid groups (broad SMARTS) is 1. The van der Waals surface area contributed by atoms with E-state index < -0.39 is 29.3 Å². The van der Waals surface area contributed by atoms with E-state index in [4.69, 9.17) is 10.8 Å². The Hall–Kier alpha value is -2.32. The average Bonchev–Trinajstić information content (AvgIpc) is 2.48. The van der Waals surface area contributed by atoms with Crippen LogP contribution in [-0.2, 0) is 9.59 Å². The van der Waals surface area contributed by atoms with E-state index in [1.807, 2.05) is 10.2 Å². The van der Waals surface area contributed by atoms with Gasteiger partial charge >= 0.3 is 17.3 Å². The number of amides is 1. The third-order valence-corrected chi connectivity index (χ3v) is 1.97. The predicted molar refractivity (Wildman–Crippen MR) is 50.8 cm³/mol. The Morgan fingerprint density at radius 1 is 1.31 bits per heavy atom. The summed E-state index contributed by atoms with van der Waals surface area (Å²) in [6, 6.07) is -1.41. The van der Waals surface area contributed by atoms with Crippen molar-refractivity contribution in [3.05, 3.63) is 21.0 Å². The van der Waals surface area contributed by atoms with E-state index >= 15 is 0 Å². The Labute approximate surface area is 87.9 Å². The first-order valence-electron chi connectivity index (χ1n) is 4.33. The maximum Gasteiger partial charge on any atom is 0.345 e. The molecule has 1 atom stereocenters. The first-order valence-corrected chi connectivity index (χ1v) is 4.33. The van der Waals surface area contributed by atoms with Crippen molar-refractivity contribution in [1.29, 1.82) is 0 Å². The second kappa shape index (κ2) is 4.47. The van der Waals surface area contributed by atoms with Gasteiger partial charge in [0, 0.05) is 6.42 Å². The number of H-pyrrole nitrogens is 2. The van der Waals surface area contributed by atoms with Gasteiger partial charge in [-0.2, -0.15) is 0 Å². The Bertz CT molecular complexity index is 482. The van der Waals surface area contributed by atoms with Crippen molar-refractivity contribution in [3.8, 4) is 0 Å². The van der Waals surface area contributed by atoms with Crippen LogP contribution < -0.4 is 17.1 Å². The molecule has 0 radical (unpaired) electrons. The van der Waals surface area contributed by atoms with Crippen molar-refractivity contribution >= 4 is 11.9 Å². The minimum absolute atomic E-state index is 0.217. The SMILES string of the molecule is NC(=O)CCC(C(=O)O)n1c(=O)[nH][nH]c1=O. The van der Waals surface area contributed by atoms with Crippen LogP contribution in [0.4, 0.5) is 0 Å². The number of nitrogens with one attached hydrogen (secondary N) is 2. The summed E-state index contributed by atoms with van der Waals surface area (Å²) >= 11 is 0. The summed E-state index contributed by atoms with van der Waals surface area (Å²) in [5.41, 5.74) is 3.11. The van der Waals surface area contributed by atoms with Gasteiger partial charge in [0.15, 0.2) is 0 Å². The van der Waals surface area contributed by atoms with Crippen LogP contribution in [0, 0.1) is 0 Å². The number of aromatic nitrogens is 3. The zero-order chi connectivity index (χ0) is 12.3. The van der Waals surface area contributed by atoms with Crippen LogP contribution in [0.25, 0.3) is 0 Å². The molecular weight excluding hydrogens is 220 g/mol. The molecule has 0 spiro atoms. The highest BCUT2D eigenvalue weighted by molar-refractivity contribution is 5.76. The van der Waals surface area contributed by atoms with Gasteiger partial charge in [-0.05, 0) is 6.42 Å². The van der Waals surface area contributed by atoms with Crippen LogP contribution in [0.3, 0.4) is 0 Å². The highest BCUT2D eigenvalue weighted by Crippen LogP contribution is 2.09. The Morgan fingerprint density at radius 3 is 2.19 bits per heavy atom. The average molecular weight is 230 g/mol. The monoisotopic (exact) mass is 230 g/mol. The number of carbonyl (C=O) groups excluding carboxylic acids is 1. The number of nitrogens with two attached hydrogens (primary N) is 1. The molecule has 0 bridgehead atoms. The molecule has 1 amide bonds. The quantitative estimate of drug-likeness (QED) is 0.450. The van der Waals surface area contributed by atoms with Crippen LogP contribution in [0.2, 0.25) is 0 Å². The highest BCUT2D eigenvalue weighted by atomic mass is 16.4. The van der Waals surface area contributed by atoms with Crippen LogP contribution >= 0.6 is 0 Å². The summed E-state index contributed by atoms with van der Waals surface area (Å²) in [4.78, 5) is 43.6. The van der Waals surface area contributed by atoms with E-state index in [-0.39, 0.29) is 12.8 Å². The van der Waals surface area contributed by atoms with Crippen LogP contribution in [0.1, 0.15) is 18.9 Å². The van der Waals surface area contributed by atoms with Gasteiger partial charge in [-0.1, -0.05) is 0 Å². The predicted octanol–water partition coefficient (Wildman–Crippen LogP) is -2.24. The lowest BCUT2D eigenvalue weighted by atomic mass is 10.1. The molecule has 88 valence electrons. The van der Waals surface area contributed by atoms with Gasteiger partial charge in [-0.15, -0.1) is 0 Å². The molecule has 1 heterocycles. The molecule has 0 aliphatic rings. The molecule has 5 N–H and O–H groups in total. The Kier molecular flexibility index (Phi) is 3.28. The Balaban J connectivity index is 3.04. The molecule has 16 heavy (non-hydrogen) atoms. The largest absolute Gasteiger partial charge is 0.480 e. The zero-order valence-corrected chi connectivity index (χ0v) is 8.10. The molecule has 0 saturated heterocycles. The fourth-order valence-electron chi connectivity index (χ4n) is 1.24. The lowest BCUT2D eigenvalue weighted by Crippen LogP contribution is -2.35. The molecule has 9 heteroatoms. The second-order valence-electron chi connectivity index (χ2n) is 3.09. The molecular formula is C7H10N4O5. The fraction of sp³-hybridized carbons (Fsp3) is 0.429. The number of carbonyl (C=O) groups is 2. The number of carboxylic acids is 1. The summed E-state index contributed by atoms with van der Waals surface area (Å²) in [6.07, 6.45) is -0.445. The molecule has 0 aliphatic carbocycles. The fourth-order valence-corrected chi connectivity index (χ4v) is 1.24. The number of rotatable bonds is 5. The molecule has 0 aromatic carbocycles. The first kappa shape index (κ1) is 11.8. The van der Waals surface area contributed by atoms with Gasteiger partial charge in [-0.3, -0.25) is 4.79 Å². The maximum absolute atomic E-state index is 11.1. The van der Waals surface area contributed by atoms with Gasteiger partial charge in [0.2, 0.25) is 5.91 Å². The van der Waals surface area contributed by atoms with E-state index in [0.29, 0.717) is 4.57 Å². The third-order valence-electron chi connectivity index (χ3n) is 1.97. The first-order chi connectivity index (χ1) is 7.43. The van der Waals surface area contributed by atoms with E-state index in [1.54, 1.807) is 0 Å². The summed E-state index contributed by atoms with van der Waals surface area (Å²) in [6.45, 7) is 0. The van der Waals surface area contributed by atoms with Gasteiger partial charge in [-0.25, -0.2) is 29.1 Å². The molecule has 1 aromatic rings. The normalized spacial score (nSPS) is 12.2. The van der Waals surface area contributed by atoms with E-state index in [0.717, 1.165) is 0 Å². The Morgan fingerprint density at radius 2 is 1.81 bits per heavy atom. The van der Waals surface area contributed by atoms with E-state index in [1.165, 1.54) is 0 Å². The molecule has 9 nitrogen and oxygen atoms in total. The highest BCUT2D eigenvalue weighted by Gasteiger charge is 2.24. The summed E-state index contributed by atoms with van der Waals surface area (Å²) < 4.78 is 0.491. The summed E-state index contributed by atoms with van der Waals surface area (Å²) in [7, 11) is 0. The van der Waals surface area contributed by atoms with Crippen molar-refractivity contribution in [2.45, 2.75) is 18.9 Å². The van der Waals surface area contributed by atoms with Crippen molar-refractivity contribution in [3.63, 3.8) is 0 Å². The number of aromatic amines is 2. The van der Waals surface area contributed by atoms with Crippen LogP contribution in [-0.4, -0.2) is 31.7 Å². The maximum atomic E-state index is 11.1. The summed E-state index contributed by atoms with van der Waals surface area (Å²) in [5.74, 6) is -2.08. The van der Waals surface area contributed by atoms with Gasteiger partial charge < -0.3 is 10.8 Å². The van der Waals surface area contributed by atoms with Crippen molar-refractivity contribution in [2.24, 2.45) is 5.73 Å². The smallest absolute Gasteiger partial charge is 0.345 e. The topological polar surface area (TPSA) is 151 Å². The molecule has 1 unspecified atom stereocenters. The van der Waals surface area contributed by atoms with Crippen LogP contribution in [0.5, 0.6) is 0 Å². The second-order valence-corrected chi connectivity index (χ2v) is 3.09. The van der Waals surface area contributed by atoms with E-state index in [2.05, 4.69) is 0 Å². The minimum atomic E-state index is -1.41. The number of nitrogens with zero attached hydrogens (tertiary/aromatic N) is 1. The third kappa shape index (κ3) is 2.38. The van der Waals surface area contributed by atoms with Gasteiger partial charge in [0.05, 0.1) is 0 Å². The van der Waals surface area contributed by atoms with Crippen molar-refractivity contribution in [2.75, 3.05) is 0 Å². The number of hydrogen-bond donors (Lipinski definition) is 4. The van der Waals surface area contributed by atoms with Crippen LogP contribution in [0.15, 0.2) is 9.59 Å². The lowest BCUT2D eigenvalue weighted by Gasteiger charge is -2.09. The molecule has 1 rings (SSSR count). The standard InChI is InChI=1S/C7H10N4O5/c8-4(12)2-1-3(5(13)14)11-6(15)9-10-7(11)16/h3H,1-2H2,(H2,8,12)(H,9,15)(H,10,16)(H,13,14). The lowest BCUT2D eigenvalue weighted by molar-refractivity contribution is -0.141. The molecule has 0 aliphatic heterocycles. The molecule has 1 aromatic heterocycles. The zero-order valence-electron chi connectivity index (χ0n) is 8.10. The number of aliphatic carboxylic acids is 1.